The average molecular weight is 314 g/mol. The summed E-state index contributed by atoms with van der Waals surface area (Å²) in [7, 11) is 0. The van der Waals surface area contributed by atoms with Crippen LogP contribution in [0.1, 0.15) is 23.0 Å². The number of hydrogen-bond acceptors (Lipinski definition) is 3. The summed E-state index contributed by atoms with van der Waals surface area (Å²) in [4.78, 5) is 19.4. The maximum absolute atomic E-state index is 13.0. The molecule has 0 amide bonds. The topological polar surface area (TPSA) is 37.7 Å². The largest absolute Gasteiger partial charge is 0.364 e. The van der Waals surface area contributed by atoms with Crippen LogP contribution in [-0.2, 0) is 0 Å². The van der Waals surface area contributed by atoms with Crippen molar-refractivity contribution in [1.29, 1.82) is 0 Å². The van der Waals surface area contributed by atoms with Gasteiger partial charge >= 0.3 is 0 Å². The van der Waals surface area contributed by atoms with Gasteiger partial charge in [-0.1, -0.05) is 0 Å². The summed E-state index contributed by atoms with van der Waals surface area (Å²) in [5.74, 6) is 0.903. The van der Waals surface area contributed by atoms with Crippen molar-refractivity contribution < 1.29 is 14.2 Å². The molecule has 5 heteroatoms. The van der Waals surface area contributed by atoms with E-state index < -0.39 is 0 Å². The van der Waals surface area contributed by atoms with Crippen molar-refractivity contribution in [3.05, 3.63) is 53.5 Å². The number of piperazine rings is 1. The quantitative estimate of drug-likeness (QED) is 0.817. The van der Waals surface area contributed by atoms with E-state index in [0.29, 0.717) is 0 Å². The van der Waals surface area contributed by atoms with Gasteiger partial charge in [0.2, 0.25) is 0 Å². The lowest BCUT2D eigenvalue weighted by Crippen LogP contribution is -2.48. The average Bonchev–Trinajstić information content (AvgIpc) is 2.55. The molecule has 0 aliphatic carbocycles. The maximum atomic E-state index is 13.0. The fourth-order valence-electron chi connectivity index (χ4n) is 3.01. The lowest BCUT2D eigenvalue weighted by molar-refractivity contribution is -0.374. The highest BCUT2D eigenvalue weighted by atomic mass is 19.1. The molecule has 0 bridgehead atoms. The van der Waals surface area contributed by atoms with Gasteiger partial charge < -0.3 is 4.90 Å². The zero-order chi connectivity index (χ0) is 16.4. The van der Waals surface area contributed by atoms with E-state index in [1.807, 2.05) is 31.2 Å². The number of aryl methyl sites for hydroxylation is 1. The number of Topliss-reactive ketones (excluding diaryl/α,β-unsaturated/α-hetero) is 1. The van der Waals surface area contributed by atoms with Gasteiger partial charge in [-0.05, 0) is 44.2 Å². The van der Waals surface area contributed by atoms with Crippen LogP contribution in [0.3, 0.4) is 0 Å². The standard InChI is InChI=1S/C18H20FN3O/c1-13-17(14(2)23)7-8-18(20-13)22-11-9-21(10-12-22)16-5-3-15(19)4-6-16/h3-8H,9-12H2,1-2H3/p+1. The second-order valence-electron chi connectivity index (χ2n) is 5.89. The van der Waals surface area contributed by atoms with E-state index in [4.69, 9.17) is 0 Å². The summed E-state index contributed by atoms with van der Waals surface area (Å²) in [6.07, 6.45) is 0. The number of aromatic nitrogens is 1. The van der Waals surface area contributed by atoms with Crippen molar-refractivity contribution in [2.24, 2.45) is 0 Å². The second kappa shape index (κ2) is 6.36. The van der Waals surface area contributed by atoms with E-state index in [2.05, 4.69) is 14.8 Å². The minimum Gasteiger partial charge on any atom is -0.364 e. The predicted molar refractivity (Wildman–Crippen MR) is 88.6 cm³/mol. The highest BCUT2D eigenvalue weighted by Gasteiger charge is 2.24. The van der Waals surface area contributed by atoms with Crippen LogP contribution in [0.2, 0.25) is 0 Å². The molecule has 0 spiro atoms. The van der Waals surface area contributed by atoms with Crippen LogP contribution in [0.5, 0.6) is 0 Å². The summed E-state index contributed by atoms with van der Waals surface area (Å²) in [5, 5.41) is 0. The van der Waals surface area contributed by atoms with Gasteiger partial charge in [-0.3, -0.25) is 9.69 Å². The van der Waals surface area contributed by atoms with E-state index in [0.717, 1.165) is 48.9 Å². The number of nitrogens with zero attached hydrogens (tertiary/aromatic N) is 2. The highest BCUT2D eigenvalue weighted by Crippen LogP contribution is 2.19. The molecule has 1 aliphatic rings. The maximum Gasteiger partial charge on any atom is 0.274 e. The molecule has 2 heterocycles. The molecule has 0 saturated carbocycles. The van der Waals surface area contributed by atoms with Gasteiger partial charge in [0.05, 0.1) is 18.7 Å². The van der Waals surface area contributed by atoms with Crippen molar-refractivity contribution in [2.45, 2.75) is 13.8 Å². The molecule has 1 fully saturated rings. The molecule has 1 saturated heterocycles. The molecule has 120 valence electrons. The number of ketones is 1. The minimum atomic E-state index is -0.206. The van der Waals surface area contributed by atoms with E-state index in [-0.39, 0.29) is 11.6 Å². The van der Waals surface area contributed by atoms with Gasteiger partial charge in [0.15, 0.2) is 5.78 Å². The number of nitrogens with one attached hydrogen (secondary N) is 1. The number of halogens is 1. The Hall–Kier alpha value is -2.43. The number of benzene rings is 1. The third-order valence-electron chi connectivity index (χ3n) is 4.32. The lowest BCUT2D eigenvalue weighted by Gasteiger charge is -2.32. The van der Waals surface area contributed by atoms with Gasteiger partial charge in [0, 0.05) is 11.8 Å². The van der Waals surface area contributed by atoms with Crippen molar-refractivity contribution in [3.8, 4) is 0 Å². The van der Waals surface area contributed by atoms with Crippen LogP contribution in [-0.4, -0.2) is 32.0 Å². The monoisotopic (exact) mass is 314 g/mol. The first kappa shape index (κ1) is 15.5. The highest BCUT2D eigenvalue weighted by molar-refractivity contribution is 5.94. The van der Waals surface area contributed by atoms with Crippen molar-refractivity contribution in [2.75, 3.05) is 36.0 Å². The normalized spacial score (nSPS) is 14.9. The van der Waals surface area contributed by atoms with Gasteiger partial charge in [0.1, 0.15) is 24.6 Å². The van der Waals surface area contributed by atoms with Crippen molar-refractivity contribution >= 4 is 17.3 Å². The van der Waals surface area contributed by atoms with Crippen molar-refractivity contribution in [3.63, 3.8) is 0 Å². The minimum absolute atomic E-state index is 0.0754. The Bertz CT molecular complexity index is 707. The van der Waals surface area contributed by atoms with Crippen LogP contribution in [0.25, 0.3) is 0 Å². The third kappa shape index (κ3) is 3.33. The Kier molecular flexibility index (Phi) is 4.28. The molecule has 23 heavy (non-hydrogen) atoms. The van der Waals surface area contributed by atoms with Crippen LogP contribution in [0.4, 0.5) is 15.9 Å². The van der Waals surface area contributed by atoms with E-state index in [1.54, 1.807) is 6.92 Å². The van der Waals surface area contributed by atoms with E-state index >= 15 is 0 Å². The summed E-state index contributed by atoms with van der Waals surface area (Å²) >= 11 is 0. The SMILES string of the molecule is CC(=O)c1ccc(N2CCN(c3ccc(F)cc3)CC2)[nH+]c1C. The van der Waals surface area contributed by atoms with Crippen LogP contribution in [0, 0.1) is 12.7 Å². The molecule has 1 aliphatic heterocycles. The summed E-state index contributed by atoms with van der Waals surface area (Å²) in [5.41, 5.74) is 2.69. The zero-order valence-corrected chi connectivity index (χ0v) is 13.5. The van der Waals surface area contributed by atoms with Gasteiger partial charge in [0.25, 0.3) is 5.82 Å². The summed E-state index contributed by atoms with van der Waals surface area (Å²) < 4.78 is 13.0. The molecule has 0 atom stereocenters. The van der Waals surface area contributed by atoms with Gasteiger partial charge in [-0.15, -0.1) is 0 Å². The number of pyridine rings is 1. The third-order valence-corrected chi connectivity index (χ3v) is 4.32. The Balaban J connectivity index is 1.68. The van der Waals surface area contributed by atoms with Crippen molar-refractivity contribution in [1.82, 2.24) is 0 Å². The summed E-state index contributed by atoms with van der Waals surface area (Å²) in [6, 6.07) is 10.5. The molecule has 1 aromatic carbocycles. The fourth-order valence-corrected chi connectivity index (χ4v) is 3.01. The van der Waals surface area contributed by atoms with E-state index in [1.165, 1.54) is 12.1 Å². The number of H-pyrrole nitrogens is 1. The molecule has 0 radical (unpaired) electrons. The Labute approximate surface area is 135 Å². The number of aromatic amines is 1. The van der Waals surface area contributed by atoms with Gasteiger partial charge in [-0.2, -0.15) is 0 Å². The molecule has 3 rings (SSSR count). The molecular formula is C18H21FN3O+. The summed E-state index contributed by atoms with van der Waals surface area (Å²) in [6.45, 7) is 7.03. The predicted octanol–water partition coefficient (Wildman–Crippen LogP) is 2.48. The fraction of sp³-hybridized carbons (Fsp3) is 0.333. The molecule has 1 aromatic heterocycles. The number of rotatable bonds is 3. The first-order valence-electron chi connectivity index (χ1n) is 7.84. The molecule has 1 N–H and O–H groups in total. The second-order valence-corrected chi connectivity index (χ2v) is 5.89. The Morgan fingerprint density at radius 2 is 1.61 bits per heavy atom. The van der Waals surface area contributed by atoms with Crippen LogP contribution in [0.15, 0.2) is 36.4 Å². The molecule has 4 nitrogen and oxygen atoms in total. The zero-order valence-electron chi connectivity index (χ0n) is 13.5. The number of anilines is 2. The smallest absolute Gasteiger partial charge is 0.274 e. The molecule has 0 unspecified atom stereocenters. The molecular weight excluding hydrogens is 293 g/mol. The number of carbonyl (C=O) groups excluding carboxylic acids is 1. The number of hydrogen-bond donors (Lipinski definition) is 0. The Morgan fingerprint density at radius 3 is 2.17 bits per heavy atom. The van der Waals surface area contributed by atoms with Gasteiger partial charge in [-0.25, -0.2) is 9.37 Å². The number of carbonyl (C=O) groups is 1. The Morgan fingerprint density at radius 1 is 1.00 bits per heavy atom. The van der Waals surface area contributed by atoms with Crippen LogP contribution < -0.4 is 14.8 Å². The lowest BCUT2D eigenvalue weighted by atomic mass is 10.1. The van der Waals surface area contributed by atoms with E-state index in [9.17, 15) is 9.18 Å². The first-order chi connectivity index (χ1) is 11.0. The first-order valence-corrected chi connectivity index (χ1v) is 7.84. The molecule has 2 aromatic rings. The van der Waals surface area contributed by atoms with Crippen LogP contribution >= 0.6 is 0 Å².